The van der Waals surface area contributed by atoms with Crippen LogP contribution in [-0.4, -0.2) is 36.8 Å². The van der Waals surface area contributed by atoms with Crippen LogP contribution in [-0.2, 0) is 10.2 Å². The van der Waals surface area contributed by atoms with E-state index in [0.29, 0.717) is 19.0 Å². The zero-order chi connectivity index (χ0) is 17.4. The number of nitrogens with zero attached hydrogens (tertiary/aromatic N) is 1. The first-order valence-electron chi connectivity index (χ1n) is 8.17. The molecular formula is C19H29NO3. The molecule has 0 aromatic heterocycles. The van der Waals surface area contributed by atoms with E-state index in [1.807, 2.05) is 20.8 Å². The summed E-state index contributed by atoms with van der Waals surface area (Å²) < 4.78 is 11.0. The predicted molar refractivity (Wildman–Crippen MR) is 92.2 cm³/mol. The van der Waals surface area contributed by atoms with Gasteiger partial charge in [0.05, 0.1) is 7.11 Å². The van der Waals surface area contributed by atoms with E-state index in [-0.39, 0.29) is 11.5 Å². The van der Waals surface area contributed by atoms with Crippen LogP contribution in [0, 0.1) is 0 Å². The topological polar surface area (TPSA) is 38.8 Å². The molecule has 4 heteroatoms. The third-order valence-corrected chi connectivity index (χ3v) is 4.04. The van der Waals surface area contributed by atoms with Crippen LogP contribution in [0.2, 0.25) is 0 Å². The van der Waals surface area contributed by atoms with Crippen LogP contribution in [0.1, 0.15) is 58.6 Å². The highest BCUT2D eigenvalue weighted by Crippen LogP contribution is 2.36. The van der Waals surface area contributed by atoms with Gasteiger partial charge in [-0.3, -0.25) is 0 Å². The number of hydrogen-bond donors (Lipinski definition) is 0. The van der Waals surface area contributed by atoms with Gasteiger partial charge in [-0.15, -0.1) is 0 Å². The molecule has 0 saturated carbocycles. The predicted octanol–water partition coefficient (Wildman–Crippen LogP) is 4.33. The molecule has 0 atom stereocenters. The Bertz CT molecular complexity index is 575. The number of likely N-dealkylation sites (tertiary alicyclic amines) is 1. The third-order valence-electron chi connectivity index (χ3n) is 4.04. The Morgan fingerprint density at radius 2 is 1.74 bits per heavy atom. The average molecular weight is 319 g/mol. The number of rotatable bonds is 2. The van der Waals surface area contributed by atoms with E-state index in [1.165, 1.54) is 11.1 Å². The molecule has 0 radical (unpaired) electrons. The van der Waals surface area contributed by atoms with Crippen molar-refractivity contribution in [3.05, 3.63) is 29.3 Å². The Balaban J connectivity index is 2.04. The Morgan fingerprint density at radius 1 is 1.13 bits per heavy atom. The van der Waals surface area contributed by atoms with E-state index in [0.717, 1.165) is 5.75 Å². The monoisotopic (exact) mass is 319 g/mol. The van der Waals surface area contributed by atoms with Crippen LogP contribution in [0.4, 0.5) is 4.79 Å². The summed E-state index contributed by atoms with van der Waals surface area (Å²) in [7, 11) is 1.71. The van der Waals surface area contributed by atoms with Gasteiger partial charge in [0.15, 0.2) is 0 Å². The van der Waals surface area contributed by atoms with Crippen molar-refractivity contribution < 1.29 is 14.3 Å². The second kappa shape index (κ2) is 6.06. The van der Waals surface area contributed by atoms with E-state index in [9.17, 15) is 4.79 Å². The fraction of sp³-hybridized carbons (Fsp3) is 0.632. The molecule has 1 saturated heterocycles. The van der Waals surface area contributed by atoms with Crippen molar-refractivity contribution in [1.29, 1.82) is 0 Å². The number of hydrogen-bond acceptors (Lipinski definition) is 3. The number of amides is 1. The van der Waals surface area contributed by atoms with Crippen molar-refractivity contribution in [3.8, 4) is 5.75 Å². The minimum atomic E-state index is -0.445. The second-order valence-corrected chi connectivity index (χ2v) is 8.29. The van der Waals surface area contributed by atoms with Gasteiger partial charge >= 0.3 is 6.09 Å². The van der Waals surface area contributed by atoms with Crippen molar-refractivity contribution >= 4 is 6.09 Å². The SMILES string of the molecule is COc1cc(C2CN(C(=O)OC(C)(C)C)C2)ccc1C(C)(C)C. The molecule has 128 valence electrons. The number of benzene rings is 1. The van der Waals surface area contributed by atoms with Gasteiger partial charge in [-0.25, -0.2) is 4.79 Å². The highest BCUT2D eigenvalue weighted by Gasteiger charge is 2.35. The van der Waals surface area contributed by atoms with E-state index in [4.69, 9.17) is 9.47 Å². The molecule has 0 bridgehead atoms. The van der Waals surface area contributed by atoms with Gasteiger partial charge in [0.25, 0.3) is 0 Å². The maximum absolute atomic E-state index is 12.0. The molecule has 0 aliphatic carbocycles. The third kappa shape index (κ3) is 4.18. The first-order valence-corrected chi connectivity index (χ1v) is 8.17. The van der Waals surface area contributed by atoms with Crippen LogP contribution in [0.5, 0.6) is 5.75 Å². The summed E-state index contributed by atoms with van der Waals surface area (Å²) in [5.74, 6) is 1.27. The fourth-order valence-corrected chi connectivity index (χ4v) is 2.75. The molecule has 1 amide bonds. The van der Waals surface area contributed by atoms with Gasteiger partial charge < -0.3 is 14.4 Å². The second-order valence-electron chi connectivity index (χ2n) is 8.29. The quantitative estimate of drug-likeness (QED) is 0.814. The first kappa shape index (κ1) is 17.6. The minimum Gasteiger partial charge on any atom is -0.496 e. The molecule has 0 N–H and O–H groups in total. The zero-order valence-electron chi connectivity index (χ0n) is 15.4. The summed E-state index contributed by atoms with van der Waals surface area (Å²) in [4.78, 5) is 13.8. The lowest BCUT2D eigenvalue weighted by molar-refractivity contribution is 0.00819. The van der Waals surface area contributed by atoms with E-state index < -0.39 is 5.60 Å². The van der Waals surface area contributed by atoms with Gasteiger partial charge in [-0.05, 0) is 43.4 Å². The normalized spacial score (nSPS) is 16.0. The van der Waals surface area contributed by atoms with Crippen molar-refractivity contribution in [1.82, 2.24) is 4.90 Å². The first-order chi connectivity index (χ1) is 10.5. The van der Waals surface area contributed by atoms with Crippen LogP contribution < -0.4 is 4.74 Å². The molecule has 2 rings (SSSR count). The Morgan fingerprint density at radius 3 is 2.22 bits per heavy atom. The van der Waals surface area contributed by atoms with Crippen LogP contribution in [0.3, 0.4) is 0 Å². The fourth-order valence-electron chi connectivity index (χ4n) is 2.75. The number of ether oxygens (including phenoxy) is 2. The Hall–Kier alpha value is -1.71. The standard InChI is InChI=1S/C19H29NO3/c1-18(2,3)15-9-8-13(10-16(15)22-7)14-11-20(12-14)17(21)23-19(4,5)6/h8-10,14H,11-12H2,1-7H3. The molecule has 1 fully saturated rings. The molecule has 0 spiro atoms. The molecule has 4 nitrogen and oxygen atoms in total. The van der Waals surface area contributed by atoms with Crippen molar-refractivity contribution in [2.45, 2.75) is 58.5 Å². The van der Waals surface area contributed by atoms with E-state index >= 15 is 0 Å². The minimum absolute atomic E-state index is 0.0477. The smallest absolute Gasteiger partial charge is 0.410 e. The van der Waals surface area contributed by atoms with Gasteiger partial charge in [-0.2, -0.15) is 0 Å². The average Bonchev–Trinajstić information content (AvgIpc) is 2.33. The summed E-state index contributed by atoms with van der Waals surface area (Å²) in [6, 6.07) is 6.40. The molecule has 0 unspecified atom stereocenters. The van der Waals surface area contributed by atoms with Crippen LogP contribution >= 0.6 is 0 Å². The maximum atomic E-state index is 12.0. The Labute approximate surface area is 139 Å². The molecule has 1 aromatic rings. The summed E-state index contributed by atoms with van der Waals surface area (Å²) >= 11 is 0. The highest BCUT2D eigenvalue weighted by molar-refractivity contribution is 5.69. The van der Waals surface area contributed by atoms with Gasteiger partial charge in [0.1, 0.15) is 11.4 Å². The molecular weight excluding hydrogens is 290 g/mol. The summed E-state index contributed by atoms with van der Waals surface area (Å²) in [5.41, 5.74) is 2.02. The van der Waals surface area contributed by atoms with E-state index in [2.05, 4.69) is 39.0 Å². The zero-order valence-corrected chi connectivity index (χ0v) is 15.4. The Kier molecular flexibility index (Phi) is 4.65. The van der Waals surface area contributed by atoms with Crippen LogP contribution in [0.15, 0.2) is 18.2 Å². The number of methoxy groups -OCH3 is 1. The van der Waals surface area contributed by atoms with Crippen molar-refractivity contribution in [3.63, 3.8) is 0 Å². The lowest BCUT2D eigenvalue weighted by Gasteiger charge is -2.40. The molecule has 23 heavy (non-hydrogen) atoms. The van der Waals surface area contributed by atoms with Crippen LogP contribution in [0.25, 0.3) is 0 Å². The molecule has 1 heterocycles. The largest absolute Gasteiger partial charge is 0.496 e. The lowest BCUT2D eigenvalue weighted by atomic mass is 9.83. The maximum Gasteiger partial charge on any atom is 0.410 e. The number of carbonyl (C=O) groups is 1. The molecule has 1 aliphatic rings. The summed E-state index contributed by atoms with van der Waals surface area (Å²) in [5, 5.41) is 0. The van der Waals surface area contributed by atoms with Gasteiger partial charge in [0.2, 0.25) is 0 Å². The highest BCUT2D eigenvalue weighted by atomic mass is 16.6. The van der Waals surface area contributed by atoms with Gasteiger partial charge in [0, 0.05) is 19.0 Å². The summed E-state index contributed by atoms with van der Waals surface area (Å²) in [6.07, 6.45) is -0.230. The van der Waals surface area contributed by atoms with Crippen molar-refractivity contribution in [2.24, 2.45) is 0 Å². The molecule has 1 aromatic carbocycles. The van der Waals surface area contributed by atoms with Gasteiger partial charge in [-0.1, -0.05) is 32.9 Å². The van der Waals surface area contributed by atoms with Crippen molar-refractivity contribution in [2.75, 3.05) is 20.2 Å². The molecule has 1 aliphatic heterocycles. The number of carbonyl (C=O) groups excluding carboxylic acids is 1. The summed E-state index contributed by atoms with van der Waals surface area (Å²) in [6.45, 7) is 13.6. The lowest BCUT2D eigenvalue weighted by Crippen LogP contribution is -2.50. The van der Waals surface area contributed by atoms with E-state index in [1.54, 1.807) is 12.0 Å².